The third kappa shape index (κ3) is 2.30. The maximum atomic E-state index is 6.41. The molecule has 0 aliphatic carbocycles. The minimum absolute atomic E-state index is 0.787. The van der Waals surface area contributed by atoms with Crippen LogP contribution in [0.25, 0.3) is 10.9 Å². The van der Waals surface area contributed by atoms with E-state index in [0.717, 1.165) is 53.5 Å². The molecule has 0 unspecified atom stereocenters. The number of fused-ring (bicyclic) bond motifs is 2. The second-order valence-corrected chi connectivity index (χ2v) is 5.76. The molecule has 0 spiro atoms. The molecule has 3 aromatic rings. The molecule has 1 aliphatic rings. The summed E-state index contributed by atoms with van der Waals surface area (Å²) in [6.45, 7) is 3.64. The van der Waals surface area contributed by atoms with Crippen LogP contribution < -0.4 is 0 Å². The van der Waals surface area contributed by atoms with E-state index < -0.39 is 0 Å². The number of rotatable bonds is 2. The molecule has 0 radical (unpaired) electrons. The Balaban J connectivity index is 1.67. The third-order valence-electron chi connectivity index (χ3n) is 4.03. The Bertz CT molecular complexity index is 796. The van der Waals surface area contributed by atoms with Crippen LogP contribution >= 0.6 is 11.6 Å². The molecule has 0 bridgehead atoms. The highest BCUT2D eigenvalue weighted by Gasteiger charge is 2.18. The lowest BCUT2D eigenvalue weighted by Gasteiger charge is -2.28. The lowest BCUT2D eigenvalue weighted by atomic mass is 10.1. The Morgan fingerprint density at radius 1 is 1.10 bits per heavy atom. The van der Waals surface area contributed by atoms with Crippen molar-refractivity contribution in [1.82, 2.24) is 19.4 Å². The van der Waals surface area contributed by atoms with Gasteiger partial charge < -0.3 is 4.57 Å². The van der Waals surface area contributed by atoms with Crippen molar-refractivity contribution in [3.8, 4) is 0 Å². The molecular formula is C16H15ClN4. The molecule has 0 atom stereocenters. The summed E-state index contributed by atoms with van der Waals surface area (Å²) in [6, 6.07) is 8.02. The van der Waals surface area contributed by atoms with Crippen LogP contribution in [0.4, 0.5) is 0 Å². The molecule has 1 aromatic carbocycles. The number of aromatic nitrogens is 3. The fraction of sp³-hybridized carbons (Fsp3) is 0.250. The highest BCUT2D eigenvalue weighted by molar-refractivity contribution is 6.32. The zero-order chi connectivity index (χ0) is 14.2. The summed E-state index contributed by atoms with van der Waals surface area (Å²) in [4.78, 5) is 11.3. The summed E-state index contributed by atoms with van der Waals surface area (Å²) >= 11 is 6.41. The number of benzene rings is 1. The summed E-state index contributed by atoms with van der Waals surface area (Å²) in [5, 5.41) is 1.92. The zero-order valence-electron chi connectivity index (χ0n) is 11.5. The summed E-state index contributed by atoms with van der Waals surface area (Å²) in [7, 11) is 0. The van der Waals surface area contributed by atoms with Gasteiger partial charge in [0.05, 0.1) is 12.1 Å². The predicted molar refractivity (Wildman–Crippen MR) is 83.1 cm³/mol. The standard InChI is InChI=1S/C16H15ClN4/c17-14-4-3-12-2-1-5-19-16(12)13(14)10-20-8-9-21-7-6-18-15(21)11-20/h1-7H,8-11H2. The Morgan fingerprint density at radius 2 is 2.05 bits per heavy atom. The fourth-order valence-electron chi connectivity index (χ4n) is 2.91. The van der Waals surface area contributed by atoms with Crippen LogP contribution in [0.2, 0.25) is 5.02 Å². The fourth-order valence-corrected chi connectivity index (χ4v) is 3.13. The van der Waals surface area contributed by atoms with Gasteiger partial charge in [0.15, 0.2) is 0 Å². The normalized spacial score (nSPS) is 15.3. The molecule has 3 heterocycles. The molecular weight excluding hydrogens is 284 g/mol. The van der Waals surface area contributed by atoms with Gasteiger partial charge in [0, 0.05) is 54.2 Å². The first kappa shape index (κ1) is 12.8. The smallest absolute Gasteiger partial charge is 0.122 e. The quantitative estimate of drug-likeness (QED) is 0.729. The van der Waals surface area contributed by atoms with Gasteiger partial charge in [-0.2, -0.15) is 0 Å². The molecule has 0 N–H and O–H groups in total. The summed E-state index contributed by atoms with van der Waals surface area (Å²) in [5.74, 6) is 1.12. The highest BCUT2D eigenvalue weighted by atomic mass is 35.5. The van der Waals surface area contributed by atoms with Gasteiger partial charge >= 0.3 is 0 Å². The van der Waals surface area contributed by atoms with Gasteiger partial charge in [-0.05, 0) is 12.1 Å². The van der Waals surface area contributed by atoms with Crippen molar-refractivity contribution in [2.45, 2.75) is 19.6 Å². The average Bonchev–Trinajstić information content (AvgIpc) is 2.98. The minimum atomic E-state index is 0.787. The van der Waals surface area contributed by atoms with E-state index in [2.05, 4.69) is 25.5 Å². The molecule has 4 nitrogen and oxygen atoms in total. The van der Waals surface area contributed by atoms with Crippen LogP contribution in [0.5, 0.6) is 0 Å². The lowest BCUT2D eigenvalue weighted by Crippen LogP contribution is -2.33. The number of nitrogens with zero attached hydrogens (tertiary/aromatic N) is 4. The molecule has 1 aliphatic heterocycles. The topological polar surface area (TPSA) is 34.0 Å². The number of pyridine rings is 1. The summed E-state index contributed by atoms with van der Waals surface area (Å²) < 4.78 is 2.21. The third-order valence-corrected chi connectivity index (χ3v) is 4.38. The molecule has 21 heavy (non-hydrogen) atoms. The number of imidazole rings is 1. The number of halogens is 1. The maximum absolute atomic E-state index is 6.41. The van der Waals surface area contributed by atoms with Crippen LogP contribution in [0.3, 0.4) is 0 Å². The van der Waals surface area contributed by atoms with Crippen molar-refractivity contribution >= 4 is 22.5 Å². The van der Waals surface area contributed by atoms with Gasteiger partial charge in [-0.25, -0.2) is 4.98 Å². The van der Waals surface area contributed by atoms with Gasteiger partial charge in [0.2, 0.25) is 0 Å². The van der Waals surface area contributed by atoms with Gasteiger partial charge in [0.25, 0.3) is 0 Å². The molecule has 0 fully saturated rings. The van der Waals surface area contributed by atoms with E-state index in [1.54, 1.807) is 0 Å². The SMILES string of the molecule is Clc1ccc2cccnc2c1CN1CCn2ccnc2C1. The van der Waals surface area contributed by atoms with Gasteiger partial charge in [-0.3, -0.25) is 9.88 Å². The Labute approximate surface area is 128 Å². The van der Waals surface area contributed by atoms with Crippen LogP contribution in [0, 0.1) is 0 Å². The van der Waals surface area contributed by atoms with Crippen molar-refractivity contribution in [1.29, 1.82) is 0 Å². The maximum Gasteiger partial charge on any atom is 0.122 e. The van der Waals surface area contributed by atoms with Crippen molar-refractivity contribution in [2.24, 2.45) is 0 Å². The van der Waals surface area contributed by atoms with E-state index >= 15 is 0 Å². The average molecular weight is 299 g/mol. The first-order valence-corrected chi connectivity index (χ1v) is 7.43. The van der Waals surface area contributed by atoms with Crippen LogP contribution in [0.1, 0.15) is 11.4 Å². The van der Waals surface area contributed by atoms with Crippen molar-refractivity contribution in [3.63, 3.8) is 0 Å². The van der Waals surface area contributed by atoms with Crippen LogP contribution in [-0.2, 0) is 19.6 Å². The summed E-state index contributed by atoms with van der Waals surface area (Å²) in [6.07, 6.45) is 5.73. The molecule has 0 amide bonds. The molecule has 0 saturated carbocycles. The van der Waals surface area contributed by atoms with Crippen molar-refractivity contribution in [3.05, 3.63) is 59.3 Å². The highest BCUT2D eigenvalue weighted by Crippen LogP contribution is 2.27. The molecule has 5 heteroatoms. The summed E-state index contributed by atoms with van der Waals surface area (Å²) in [5.41, 5.74) is 2.11. The zero-order valence-corrected chi connectivity index (χ0v) is 12.3. The second kappa shape index (κ2) is 5.13. The molecule has 0 saturated heterocycles. The Kier molecular flexibility index (Phi) is 3.13. The van der Waals surface area contributed by atoms with Crippen molar-refractivity contribution in [2.75, 3.05) is 6.54 Å². The molecule has 106 valence electrons. The second-order valence-electron chi connectivity index (χ2n) is 5.35. The monoisotopic (exact) mass is 298 g/mol. The lowest BCUT2D eigenvalue weighted by molar-refractivity contribution is 0.209. The van der Waals surface area contributed by atoms with Gasteiger partial charge in [-0.1, -0.05) is 23.7 Å². The number of hydrogen-bond donors (Lipinski definition) is 0. The van der Waals surface area contributed by atoms with Crippen LogP contribution in [-0.4, -0.2) is 26.0 Å². The van der Waals surface area contributed by atoms with E-state index in [9.17, 15) is 0 Å². The first-order chi connectivity index (χ1) is 10.3. The van der Waals surface area contributed by atoms with E-state index in [1.165, 1.54) is 0 Å². The van der Waals surface area contributed by atoms with E-state index in [1.807, 2.05) is 36.8 Å². The van der Waals surface area contributed by atoms with Crippen LogP contribution in [0.15, 0.2) is 42.9 Å². The van der Waals surface area contributed by atoms with E-state index in [-0.39, 0.29) is 0 Å². The van der Waals surface area contributed by atoms with E-state index in [0.29, 0.717) is 0 Å². The number of hydrogen-bond acceptors (Lipinski definition) is 3. The predicted octanol–water partition coefficient (Wildman–Crippen LogP) is 3.10. The Morgan fingerprint density at radius 3 is 3.00 bits per heavy atom. The van der Waals surface area contributed by atoms with E-state index in [4.69, 9.17) is 11.6 Å². The largest absolute Gasteiger partial charge is 0.333 e. The van der Waals surface area contributed by atoms with Gasteiger partial charge in [0.1, 0.15) is 5.82 Å². The molecule has 4 rings (SSSR count). The van der Waals surface area contributed by atoms with Gasteiger partial charge in [-0.15, -0.1) is 0 Å². The Hall–Kier alpha value is -1.91. The minimum Gasteiger partial charge on any atom is -0.333 e. The first-order valence-electron chi connectivity index (χ1n) is 7.06. The molecule has 2 aromatic heterocycles. The van der Waals surface area contributed by atoms with Crippen molar-refractivity contribution < 1.29 is 0 Å².